The van der Waals surface area contributed by atoms with Gasteiger partial charge in [-0.1, -0.05) is 0 Å². The van der Waals surface area contributed by atoms with Crippen LogP contribution in [0.3, 0.4) is 0 Å². The summed E-state index contributed by atoms with van der Waals surface area (Å²) in [6.07, 6.45) is -4.55. The lowest BCUT2D eigenvalue weighted by atomic mass is 10.2. The number of hydrogen-bond acceptors (Lipinski definition) is 3. The Balaban J connectivity index is 2.49. The summed E-state index contributed by atoms with van der Waals surface area (Å²) in [6.45, 7) is 2.36. The molecule has 0 aliphatic rings. The molecule has 0 heterocycles. The van der Waals surface area contributed by atoms with Crippen molar-refractivity contribution in [3.05, 3.63) is 17.9 Å². The molecular weight excluding hydrogens is 276 g/mol. The van der Waals surface area contributed by atoms with Gasteiger partial charge < -0.3 is 15.8 Å². The highest BCUT2D eigenvalue weighted by Crippen LogP contribution is 2.28. The Hall–Kier alpha value is -1.66. The van der Waals surface area contributed by atoms with Crippen LogP contribution in [0.2, 0.25) is 0 Å². The summed E-state index contributed by atoms with van der Waals surface area (Å²) in [6, 6.07) is 2.54. The Kier molecular flexibility index (Phi) is 5.91. The van der Waals surface area contributed by atoms with Gasteiger partial charge in [0.1, 0.15) is 0 Å². The Labute approximate surface area is 115 Å². The molecule has 114 valence electrons. The summed E-state index contributed by atoms with van der Waals surface area (Å²) < 4.78 is 54.4. The monoisotopic (exact) mass is 294 g/mol. The minimum Gasteiger partial charge on any atom is -0.491 e. The number of nitrogen functional groups attached to an aromatic ring is 1. The number of hydrogen-bond donors (Lipinski definition) is 2. The maximum atomic E-state index is 13.4. The number of ether oxygens (including phenoxy) is 1. The molecule has 0 unspecified atom stereocenters. The smallest absolute Gasteiger partial charge is 0.389 e. The van der Waals surface area contributed by atoms with Gasteiger partial charge in [0.25, 0.3) is 0 Å². The van der Waals surface area contributed by atoms with E-state index in [9.17, 15) is 17.6 Å². The topological polar surface area (TPSA) is 47.3 Å². The molecule has 0 atom stereocenters. The molecule has 20 heavy (non-hydrogen) atoms. The molecule has 0 saturated carbocycles. The second kappa shape index (κ2) is 7.21. The summed E-state index contributed by atoms with van der Waals surface area (Å²) in [7, 11) is 0. The number of halogens is 4. The molecule has 7 heteroatoms. The van der Waals surface area contributed by atoms with Crippen LogP contribution in [0.15, 0.2) is 12.1 Å². The van der Waals surface area contributed by atoms with Gasteiger partial charge in [-0.15, -0.1) is 0 Å². The zero-order valence-electron chi connectivity index (χ0n) is 11.2. The first-order valence-electron chi connectivity index (χ1n) is 6.36. The Bertz CT molecular complexity index is 435. The molecule has 1 aromatic carbocycles. The second-order valence-corrected chi connectivity index (χ2v) is 4.30. The number of anilines is 2. The fraction of sp³-hybridized carbons (Fsp3) is 0.538. The number of benzene rings is 1. The van der Waals surface area contributed by atoms with Gasteiger partial charge in [0.2, 0.25) is 0 Å². The van der Waals surface area contributed by atoms with Crippen LogP contribution in [0.25, 0.3) is 0 Å². The van der Waals surface area contributed by atoms with Crippen molar-refractivity contribution in [2.45, 2.75) is 32.4 Å². The first-order chi connectivity index (χ1) is 9.33. The minimum atomic E-state index is -4.13. The Morgan fingerprint density at radius 3 is 2.55 bits per heavy atom. The van der Waals surface area contributed by atoms with E-state index in [4.69, 9.17) is 10.5 Å². The van der Waals surface area contributed by atoms with Crippen molar-refractivity contribution in [2.24, 2.45) is 0 Å². The summed E-state index contributed by atoms with van der Waals surface area (Å²) in [4.78, 5) is 0. The molecule has 1 rings (SSSR count). The van der Waals surface area contributed by atoms with Crippen LogP contribution in [0.1, 0.15) is 26.2 Å². The van der Waals surface area contributed by atoms with Crippen molar-refractivity contribution in [1.29, 1.82) is 0 Å². The lowest BCUT2D eigenvalue weighted by molar-refractivity contribution is -0.135. The summed E-state index contributed by atoms with van der Waals surface area (Å²) in [5, 5.41) is 2.89. The molecule has 0 radical (unpaired) electrons. The normalized spacial score (nSPS) is 11.4. The summed E-state index contributed by atoms with van der Waals surface area (Å²) in [5.74, 6) is -0.494. The predicted octanol–water partition coefficient (Wildman–Crippen LogP) is 3.95. The molecule has 0 aromatic heterocycles. The molecule has 3 N–H and O–H groups in total. The first kappa shape index (κ1) is 16.4. The van der Waals surface area contributed by atoms with Crippen LogP contribution in [-0.4, -0.2) is 19.3 Å². The van der Waals surface area contributed by atoms with E-state index >= 15 is 0 Å². The summed E-state index contributed by atoms with van der Waals surface area (Å²) >= 11 is 0. The van der Waals surface area contributed by atoms with Gasteiger partial charge in [-0.3, -0.25) is 0 Å². The van der Waals surface area contributed by atoms with Crippen molar-refractivity contribution in [3.63, 3.8) is 0 Å². The molecular formula is C13H18F4N2O. The van der Waals surface area contributed by atoms with Gasteiger partial charge in [0, 0.05) is 25.1 Å². The molecule has 0 spiro atoms. The van der Waals surface area contributed by atoms with E-state index < -0.39 is 18.4 Å². The molecule has 3 nitrogen and oxygen atoms in total. The number of nitrogens with one attached hydrogen (secondary N) is 1. The Morgan fingerprint density at radius 2 is 1.95 bits per heavy atom. The number of alkyl halides is 3. The first-order valence-corrected chi connectivity index (χ1v) is 6.36. The molecule has 0 bridgehead atoms. The van der Waals surface area contributed by atoms with Gasteiger partial charge in [0.15, 0.2) is 11.6 Å². The highest BCUT2D eigenvalue weighted by molar-refractivity contribution is 5.68. The largest absolute Gasteiger partial charge is 0.491 e. The number of nitrogens with two attached hydrogens (primary N) is 1. The molecule has 0 fully saturated rings. The number of unbranched alkanes of at least 4 members (excludes halogenated alkanes) is 1. The van der Waals surface area contributed by atoms with Gasteiger partial charge in [0.05, 0.1) is 18.0 Å². The third-order valence-electron chi connectivity index (χ3n) is 2.61. The van der Waals surface area contributed by atoms with E-state index in [-0.39, 0.29) is 17.9 Å². The lowest BCUT2D eigenvalue weighted by Crippen LogP contribution is -2.09. The van der Waals surface area contributed by atoms with Gasteiger partial charge in [-0.05, 0) is 19.8 Å². The predicted molar refractivity (Wildman–Crippen MR) is 70.4 cm³/mol. The average molecular weight is 294 g/mol. The van der Waals surface area contributed by atoms with Crippen molar-refractivity contribution in [1.82, 2.24) is 0 Å². The van der Waals surface area contributed by atoms with Crippen LogP contribution in [0.4, 0.5) is 28.9 Å². The highest BCUT2D eigenvalue weighted by Gasteiger charge is 2.25. The lowest BCUT2D eigenvalue weighted by Gasteiger charge is -2.13. The maximum Gasteiger partial charge on any atom is 0.389 e. The van der Waals surface area contributed by atoms with E-state index in [1.807, 2.05) is 0 Å². The average Bonchev–Trinajstić information content (AvgIpc) is 2.32. The fourth-order valence-electron chi connectivity index (χ4n) is 1.66. The van der Waals surface area contributed by atoms with Gasteiger partial charge in [-0.25, -0.2) is 4.39 Å². The van der Waals surface area contributed by atoms with E-state index in [1.54, 1.807) is 6.92 Å². The fourth-order valence-corrected chi connectivity index (χ4v) is 1.66. The number of rotatable bonds is 7. The molecule has 1 aromatic rings. The highest BCUT2D eigenvalue weighted by atomic mass is 19.4. The zero-order chi connectivity index (χ0) is 15.2. The molecule has 0 amide bonds. The minimum absolute atomic E-state index is 0.0376. The van der Waals surface area contributed by atoms with E-state index in [0.717, 1.165) is 6.07 Å². The van der Waals surface area contributed by atoms with Gasteiger partial charge >= 0.3 is 6.18 Å². The standard InChI is InChI=1S/C13H18F4N2O/c1-2-20-12-8-11(10(18)7-9(12)14)19-6-4-3-5-13(15,16)17/h7-8,19H,2-6,18H2,1H3. The van der Waals surface area contributed by atoms with Crippen LogP contribution < -0.4 is 15.8 Å². The van der Waals surface area contributed by atoms with Crippen molar-refractivity contribution in [2.75, 3.05) is 24.2 Å². The molecule has 0 aliphatic carbocycles. The Morgan fingerprint density at radius 1 is 1.25 bits per heavy atom. The zero-order valence-corrected chi connectivity index (χ0v) is 11.2. The van der Waals surface area contributed by atoms with E-state index in [2.05, 4.69) is 5.32 Å². The van der Waals surface area contributed by atoms with Crippen molar-refractivity contribution < 1.29 is 22.3 Å². The summed E-state index contributed by atoms with van der Waals surface area (Å²) in [5.41, 5.74) is 6.29. The van der Waals surface area contributed by atoms with Crippen molar-refractivity contribution >= 4 is 11.4 Å². The quantitative estimate of drug-likeness (QED) is 0.455. The van der Waals surface area contributed by atoms with E-state index in [0.29, 0.717) is 25.3 Å². The third kappa shape index (κ3) is 5.54. The van der Waals surface area contributed by atoms with Crippen LogP contribution >= 0.6 is 0 Å². The second-order valence-electron chi connectivity index (χ2n) is 4.30. The van der Waals surface area contributed by atoms with Crippen LogP contribution in [0.5, 0.6) is 5.75 Å². The van der Waals surface area contributed by atoms with Crippen LogP contribution in [-0.2, 0) is 0 Å². The van der Waals surface area contributed by atoms with Gasteiger partial charge in [-0.2, -0.15) is 13.2 Å². The van der Waals surface area contributed by atoms with Crippen LogP contribution in [0, 0.1) is 5.82 Å². The molecule has 0 saturated heterocycles. The maximum absolute atomic E-state index is 13.4. The third-order valence-corrected chi connectivity index (χ3v) is 2.61. The SMILES string of the molecule is CCOc1cc(NCCCCC(F)(F)F)c(N)cc1F. The molecule has 0 aliphatic heterocycles. The van der Waals surface area contributed by atoms with E-state index in [1.165, 1.54) is 6.07 Å². The van der Waals surface area contributed by atoms with Crippen molar-refractivity contribution in [3.8, 4) is 5.75 Å².